The van der Waals surface area contributed by atoms with Crippen molar-refractivity contribution in [1.29, 1.82) is 0 Å². The highest BCUT2D eigenvalue weighted by atomic mass is 19.1. The number of benzene rings is 1. The number of nitrogens with zero attached hydrogens (tertiary/aromatic N) is 2. The molecular formula is C14H19FN2O. The first-order valence-electron chi connectivity index (χ1n) is 6.27. The van der Waals surface area contributed by atoms with Gasteiger partial charge in [-0.2, -0.15) is 0 Å². The van der Waals surface area contributed by atoms with Crippen molar-refractivity contribution < 1.29 is 9.18 Å². The lowest BCUT2D eigenvalue weighted by Gasteiger charge is -2.27. The lowest BCUT2D eigenvalue weighted by Crippen LogP contribution is -2.36. The van der Waals surface area contributed by atoms with Gasteiger partial charge in [0, 0.05) is 30.9 Å². The number of rotatable bonds is 4. The maximum Gasteiger partial charge on any atom is 0.150 e. The summed E-state index contributed by atoms with van der Waals surface area (Å²) in [5.41, 5.74) is 1.15. The number of likely N-dealkylation sites (tertiary alicyclic amines) is 1. The van der Waals surface area contributed by atoms with E-state index in [0.717, 1.165) is 18.8 Å². The molecule has 0 amide bonds. The average Bonchev–Trinajstić information content (AvgIpc) is 2.74. The Labute approximate surface area is 107 Å². The fourth-order valence-corrected chi connectivity index (χ4v) is 2.52. The smallest absolute Gasteiger partial charge is 0.150 e. The highest BCUT2D eigenvalue weighted by molar-refractivity contribution is 5.77. The lowest BCUT2D eigenvalue weighted by atomic mass is 10.1. The summed E-state index contributed by atoms with van der Waals surface area (Å²) in [7, 11) is 4.06. The van der Waals surface area contributed by atoms with E-state index in [0.29, 0.717) is 17.9 Å². The largest absolute Gasteiger partial charge is 0.373 e. The normalized spacial score (nSPS) is 20.1. The molecule has 1 fully saturated rings. The van der Waals surface area contributed by atoms with Crippen LogP contribution in [0.5, 0.6) is 0 Å². The second kappa shape index (κ2) is 5.48. The van der Waals surface area contributed by atoms with Crippen molar-refractivity contribution in [3.05, 3.63) is 29.6 Å². The molecule has 4 heteroatoms. The zero-order valence-corrected chi connectivity index (χ0v) is 10.9. The van der Waals surface area contributed by atoms with Crippen molar-refractivity contribution in [3.8, 4) is 0 Å². The number of carbonyl (C=O) groups is 1. The molecule has 1 unspecified atom stereocenters. The Morgan fingerprint density at radius 3 is 2.89 bits per heavy atom. The van der Waals surface area contributed by atoms with E-state index in [1.165, 1.54) is 25.0 Å². The third-order valence-electron chi connectivity index (χ3n) is 3.64. The molecule has 0 radical (unpaired) electrons. The topological polar surface area (TPSA) is 23.6 Å². The molecule has 0 bridgehead atoms. The van der Waals surface area contributed by atoms with Crippen LogP contribution in [0.1, 0.15) is 23.2 Å². The maximum absolute atomic E-state index is 13.4. The lowest BCUT2D eigenvalue weighted by molar-refractivity contribution is 0.112. The monoisotopic (exact) mass is 250 g/mol. The van der Waals surface area contributed by atoms with Crippen LogP contribution in [0, 0.1) is 5.82 Å². The maximum atomic E-state index is 13.4. The van der Waals surface area contributed by atoms with Crippen molar-refractivity contribution in [2.45, 2.75) is 18.9 Å². The zero-order chi connectivity index (χ0) is 13.1. The van der Waals surface area contributed by atoms with Gasteiger partial charge in [-0.05, 0) is 44.6 Å². The Morgan fingerprint density at radius 2 is 2.28 bits per heavy atom. The van der Waals surface area contributed by atoms with Gasteiger partial charge in [-0.1, -0.05) is 0 Å². The molecule has 0 N–H and O–H groups in total. The molecule has 0 saturated carbocycles. The molecule has 1 aromatic carbocycles. The molecule has 0 aliphatic carbocycles. The van der Waals surface area contributed by atoms with E-state index < -0.39 is 0 Å². The van der Waals surface area contributed by atoms with Crippen LogP contribution in [0.25, 0.3) is 0 Å². The average molecular weight is 250 g/mol. The van der Waals surface area contributed by atoms with E-state index in [4.69, 9.17) is 0 Å². The van der Waals surface area contributed by atoms with Gasteiger partial charge in [-0.3, -0.25) is 4.79 Å². The fourth-order valence-electron chi connectivity index (χ4n) is 2.52. The van der Waals surface area contributed by atoms with Gasteiger partial charge >= 0.3 is 0 Å². The Bertz CT molecular complexity index is 436. The van der Waals surface area contributed by atoms with Crippen LogP contribution >= 0.6 is 0 Å². The van der Waals surface area contributed by atoms with Gasteiger partial charge in [0.15, 0.2) is 0 Å². The molecule has 98 valence electrons. The van der Waals surface area contributed by atoms with Crippen molar-refractivity contribution in [1.82, 2.24) is 4.90 Å². The van der Waals surface area contributed by atoms with E-state index >= 15 is 0 Å². The van der Waals surface area contributed by atoms with E-state index in [1.54, 1.807) is 6.07 Å². The molecule has 1 saturated heterocycles. The van der Waals surface area contributed by atoms with Crippen LogP contribution in [0.3, 0.4) is 0 Å². The fraction of sp³-hybridized carbons (Fsp3) is 0.500. The van der Waals surface area contributed by atoms with Gasteiger partial charge in [-0.15, -0.1) is 0 Å². The van der Waals surface area contributed by atoms with Gasteiger partial charge in [0.25, 0.3) is 0 Å². The molecule has 3 nitrogen and oxygen atoms in total. The summed E-state index contributed by atoms with van der Waals surface area (Å²) in [4.78, 5) is 15.1. The van der Waals surface area contributed by atoms with Gasteiger partial charge in [-0.25, -0.2) is 4.39 Å². The standard InChI is InChI=1S/C14H19FN2O/c1-16-5-3-4-13(16)9-17(2)14-7-11(10-18)6-12(15)8-14/h6-8,10,13H,3-5,9H2,1-2H3. The summed E-state index contributed by atoms with van der Waals surface area (Å²) < 4.78 is 13.4. The predicted molar refractivity (Wildman–Crippen MR) is 70.7 cm³/mol. The summed E-state index contributed by atoms with van der Waals surface area (Å²) in [6, 6.07) is 4.97. The van der Waals surface area contributed by atoms with Crippen LogP contribution in [0.4, 0.5) is 10.1 Å². The molecule has 1 aliphatic heterocycles. The minimum absolute atomic E-state index is 0.360. The van der Waals surface area contributed by atoms with Crippen molar-refractivity contribution in [2.24, 2.45) is 0 Å². The second-order valence-electron chi connectivity index (χ2n) is 5.02. The minimum atomic E-state index is -0.360. The van der Waals surface area contributed by atoms with Crippen molar-refractivity contribution in [2.75, 3.05) is 32.1 Å². The third kappa shape index (κ3) is 2.88. The highest BCUT2D eigenvalue weighted by Crippen LogP contribution is 2.21. The first-order valence-corrected chi connectivity index (χ1v) is 6.27. The summed E-state index contributed by atoms with van der Waals surface area (Å²) in [5.74, 6) is -0.360. The minimum Gasteiger partial charge on any atom is -0.373 e. The molecule has 0 spiro atoms. The van der Waals surface area contributed by atoms with Crippen molar-refractivity contribution >= 4 is 12.0 Å². The Balaban J connectivity index is 2.10. The van der Waals surface area contributed by atoms with E-state index in [9.17, 15) is 9.18 Å². The SMILES string of the molecule is CN(CC1CCCN1C)c1cc(F)cc(C=O)c1. The third-order valence-corrected chi connectivity index (χ3v) is 3.64. The Kier molecular flexibility index (Phi) is 3.97. The molecule has 1 aromatic rings. The predicted octanol–water partition coefficient (Wildman–Crippen LogP) is 2.17. The quantitative estimate of drug-likeness (QED) is 0.765. The summed E-state index contributed by atoms with van der Waals surface area (Å²) in [5, 5.41) is 0. The number of carbonyl (C=O) groups excluding carboxylic acids is 1. The van der Waals surface area contributed by atoms with E-state index in [-0.39, 0.29) is 5.82 Å². The van der Waals surface area contributed by atoms with Crippen LogP contribution in [0.15, 0.2) is 18.2 Å². The summed E-state index contributed by atoms with van der Waals surface area (Å²) in [6.07, 6.45) is 3.08. The van der Waals surface area contributed by atoms with Crippen LogP contribution in [-0.2, 0) is 0 Å². The number of aldehydes is 1. The Morgan fingerprint density at radius 1 is 1.50 bits per heavy atom. The molecular weight excluding hydrogens is 231 g/mol. The van der Waals surface area contributed by atoms with Gasteiger partial charge in [0.1, 0.15) is 12.1 Å². The van der Waals surface area contributed by atoms with Crippen LogP contribution < -0.4 is 4.90 Å². The molecule has 18 heavy (non-hydrogen) atoms. The van der Waals surface area contributed by atoms with E-state index in [1.807, 2.05) is 11.9 Å². The number of likely N-dealkylation sites (N-methyl/N-ethyl adjacent to an activating group) is 2. The number of hydrogen-bond acceptors (Lipinski definition) is 3. The van der Waals surface area contributed by atoms with Gasteiger partial charge < -0.3 is 9.80 Å². The molecule has 0 aromatic heterocycles. The molecule has 1 atom stereocenters. The highest BCUT2D eigenvalue weighted by Gasteiger charge is 2.22. The zero-order valence-electron chi connectivity index (χ0n) is 10.9. The first kappa shape index (κ1) is 13.0. The summed E-state index contributed by atoms with van der Waals surface area (Å²) >= 11 is 0. The molecule has 2 rings (SSSR count). The number of halogens is 1. The first-order chi connectivity index (χ1) is 8.60. The van der Waals surface area contributed by atoms with Gasteiger partial charge in [0.2, 0.25) is 0 Å². The van der Waals surface area contributed by atoms with E-state index in [2.05, 4.69) is 11.9 Å². The van der Waals surface area contributed by atoms with Gasteiger partial charge in [0.05, 0.1) is 0 Å². The Hall–Kier alpha value is -1.42. The number of anilines is 1. The molecule has 1 aliphatic rings. The summed E-state index contributed by atoms with van der Waals surface area (Å²) in [6.45, 7) is 1.99. The molecule has 1 heterocycles. The van der Waals surface area contributed by atoms with Crippen molar-refractivity contribution in [3.63, 3.8) is 0 Å². The van der Waals surface area contributed by atoms with Crippen LogP contribution in [0.2, 0.25) is 0 Å². The van der Waals surface area contributed by atoms with Crippen LogP contribution in [-0.4, -0.2) is 44.4 Å². The second-order valence-corrected chi connectivity index (χ2v) is 5.02. The number of hydrogen-bond donors (Lipinski definition) is 0.